The lowest BCUT2D eigenvalue weighted by Gasteiger charge is -2.17. The van der Waals surface area contributed by atoms with Gasteiger partial charge >= 0.3 is 11.7 Å². The molecular weight excluding hydrogens is 526 g/mol. The van der Waals surface area contributed by atoms with Gasteiger partial charge < -0.3 is 19.9 Å². The Bertz CT molecular complexity index is 1490. The first-order valence-electron chi connectivity index (χ1n) is 10.6. The van der Waals surface area contributed by atoms with Crippen molar-refractivity contribution in [3.8, 4) is 17.2 Å². The maximum atomic E-state index is 11.9. The van der Waals surface area contributed by atoms with Gasteiger partial charge in [0.2, 0.25) is 5.75 Å². The van der Waals surface area contributed by atoms with Crippen LogP contribution in [-0.4, -0.2) is 43.9 Å². The first-order valence-corrected chi connectivity index (χ1v) is 10.6. The highest BCUT2D eigenvalue weighted by Crippen LogP contribution is 2.38. The molecule has 0 aromatic heterocycles. The molecule has 17 heteroatoms. The summed E-state index contributed by atoms with van der Waals surface area (Å²) in [5.41, 5.74) is -2.33. The monoisotopic (exact) mass is 543 g/mol. The number of carboxylic acid groups (broad SMARTS) is 1. The summed E-state index contributed by atoms with van der Waals surface area (Å²) in [5.74, 6) is -1.69. The molecule has 39 heavy (non-hydrogen) atoms. The van der Waals surface area contributed by atoms with Crippen LogP contribution in [0.4, 0.5) is 28.4 Å². The Balaban J connectivity index is 1.89. The molecule has 0 amide bonds. The standard InChI is InChI=1S/C22H17N5O12/c1-38-21-9-12(2-6-20(21)39-19-7-4-14(25(32)33)11-18(19)27(36)37)8-16(22(28)29)23-15-5-3-13(24(30)31)10-17(15)26(34)35/h2-7,9-11,16,23H,8H2,1H3,(H,28,29)/t16-/m0/s1. The van der Waals surface area contributed by atoms with Gasteiger partial charge in [0.15, 0.2) is 11.5 Å². The van der Waals surface area contributed by atoms with Crippen LogP contribution in [0.1, 0.15) is 5.56 Å². The minimum Gasteiger partial charge on any atom is -0.493 e. The van der Waals surface area contributed by atoms with Crippen molar-refractivity contribution in [2.75, 3.05) is 12.4 Å². The Labute approximate surface area is 216 Å². The topological polar surface area (TPSA) is 240 Å². The minimum atomic E-state index is -1.42. The third-order valence-corrected chi connectivity index (χ3v) is 5.25. The molecule has 0 heterocycles. The molecular formula is C22H17N5O12. The normalized spacial score (nSPS) is 11.2. The molecule has 0 spiro atoms. The number of nitro groups is 4. The molecule has 3 aromatic carbocycles. The summed E-state index contributed by atoms with van der Waals surface area (Å²) >= 11 is 0. The number of hydrogen-bond donors (Lipinski definition) is 2. The Morgan fingerprint density at radius 3 is 1.90 bits per heavy atom. The number of anilines is 1. The lowest BCUT2D eigenvalue weighted by atomic mass is 10.0. The van der Waals surface area contributed by atoms with E-state index in [0.29, 0.717) is 11.6 Å². The van der Waals surface area contributed by atoms with Gasteiger partial charge in [-0.25, -0.2) is 4.79 Å². The van der Waals surface area contributed by atoms with Gasteiger partial charge in [-0.2, -0.15) is 0 Å². The molecule has 0 aliphatic carbocycles. The Morgan fingerprint density at radius 1 is 0.795 bits per heavy atom. The van der Waals surface area contributed by atoms with Crippen molar-refractivity contribution in [1.29, 1.82) is 0 Å². The van der Waals surface area contributed by atoms with Crippen molar-refractivity contribution in [2.24, 2.45) is 0 Å². The molecule has 0 bridgehead atoms. The SMILES string of the molecule is COc1cc(C[C@H](Nc2ccc([N+](=O)[O-])cc2[N+](=O)[O-])C(=O)O)ccc1Oc1ccc([N+](=O)[O-])cc1[N+](=O)[O-]. The number of hydrogen-bond acceptors (Lipinski definition) is 12. The number of ether oxygens (including phenoxy) is 2. The van der Waals surface area contributed by atoms with Crippen molar-refractivity contribution in [3.63, 3.8) is 0 Å². The minimum absolute atomic E-state index is 0.0240. The van der Waals surface area contributed by atoms with Gasteiger partial charge in [-0.3, -0.25) is 40.5 Å². The summed E-state index contributed by atoms with van der Waals surface area (Å²) < 4.78 is 10.8. The highest BCUT2D eigenvalue weighted by Gasteiger charge is 2.26. The number of nitrogens with one attached hydrogen (secondary N) is 1. The molecule has 0 saturated carbocycles. The second-order valence-corrected chi connectivity index (χ2v) is 7.71. The van der Waals surface area contributed by atoms with Gasteiger partial charge in [-0.15, -0.1) is 0 Å². The van der Waals surface area contributed by atoms with Gasteiger partial charge in [0.1, 0.15) is 11.7 Å². The molecule has 202 valence electrons. The molecule has 3 aromatic rings. The first-order chi connectivity index (χ1) is 18.4. The number of rotatable bonds is 12. The Hall–Kier alpha value is -5.87. The van der Waals surface area contributed by atoms with E-state index in [1.54, 1.807) is 0 Å². The van der Waals surface area contributed by atoms with E-state index in [4.69, 9.17) is 9.47 Å². The van der Waals surface area contributed by atoms with Crippen LogP contribution in [0, 0.1) is 40.5 Å². The molecule has 0 saturated heterocycles. The van der Waals surface area contributed by atoms with Gasteiger partial charge in [0.05, 0.1) is 38.9 Å². The molecule has 2 N–H and O–H groups in total. The fraction of sp³-hybridized carbons (Fsp3) is 0.136. The lowest BCUT2D eigenvalue weighted by Crippen LogP contribution is -2.31. The fourth-order valence-corrected chi connectivity index (χ4v) is 3.42. The number of nitrogens with zero attached hydrogens (tertiary/aromatic N) is 4. The summed E-state index contributed by atoms with van der Waals surface area (Å²) in [6.07, 6.45) is -0.238. The van der Waals surface area contributed by atoms with Gasteiger partial charge in [-0.1, -0.05) is 6.07 Å². The van der Waals surface area contributed by atoms with Crippen LogP contribution in [0.3, 0.4) is 0 Å². The second-order valence-electron chi connectivity index (χ2n) is 7.71. The molecule has 0 radical (unpaired) electrons. The van der Waals surface area contributed by atoms with Gasteiger partial charge in [0, 0.05) is 18.6 Å². The van der Waals surface area contributed by atoms with E-state index in [-0.39, 0.29) is 29.4 Å². The van der Waals surface area contributed by atoms with E-state index < -0.39 is 54.5 Å². The van der Waals surface area contributed by atoms with Crippen molar-refractivity contribution in [2.45, 2.75) is 12.5 Å². The van der Waals surface area contributed by atoms with Crippen LogP contribution in [0.15, 0.2) is 54.6 Å². The van der Waals surface area contributed by atoms with Gasteiger partial charge in [-0.05, 0) is 29.8 Å². The van der Waals surface area contributed by atoms with Crippen LogP contribution in [0.25, 0.3) is 0 Å². The summed E-state index contributed by atoms with van der Waals surface area (Å²) in [6.45, 7) is 0. The summed E-state index contributed by atoms with van der Waals surface area (Å²) in [4.78, 5) is 53.2. The Kier molecular flexibility index (Phi) is 8.14. The van der Waals surface area contributed by atoms with E-state index in [2.05, 4.69) is 5.32 Å². The molecule has 17 nitrogen and oxygen atoms in total. The zero-order valence-electron chi connectivity index (χ0n) is 19.7. The van der Waals surface area contributed by atoms with Crippen LogP contribution < -0.4 is 14.8 Å². The van der Waals surface area contributed by atoms with Crippen molar-refractivity contribution < 1.29 is 39.1 Å². The zero-order valence-corrected chi connectivity index (χ0v) is 19.7. The second kappa shape index (κ2) is 11.5. The average Bonchev–Trinajstić information content (AvgIpc) is 2.88. The van der Waals surface area contributed by atoms with Crippen molar-refractivity contribution >= 4 is 34.4 Å². The molecule has 3 rings (SSSR count). The average molecular weight is 543 g/mol. The first kappa shape index (κ1) is 27.7. The van der Waals surface area contributed by atoms with Crippen LogP contribution in [0.2, 0.25) is 0 Å². The molecule has 0 aliphatic heterocycles. The summed E-state index contributed by atoms with van der Waals surface area (Å²) in [5, 5.41) is 56.8. The van der Waals surface area contributed by atoms with E-state index in [0.717, 1.165) is 30.3 Å². The quantitative estimate of drug-likeness (QED) is 0.240. The predicted molar refractivity (Wildman–Crippen MR) is 131 cm³/mol. The van der Waals surface area contributed by atoms with Crippen LogP contribution >= 0.6 is 0 Å². The summed E-state index contributed by atoms with van der Waals surface area (Å²) in [6, 6.07) is 8.20. The number of carboxylic acids is 1. The highest BCUT2D eigenvalue weighted by molar-refractivity contribution is 5.80. The number of carbonyl (C=O) groups is 1. The fourth-order valence-electron chi connectivity index (χ4n) is 3.42. The number of benzene rings is 3. The Morgan fingerprint density at radius 2 is 1.36 bits per heavy atom. The maximum absolute atomic E-state index is 11.9. The number of aliphatic carboxylic acids is 1. The molecule has 0 aliphatic rings. The van der Waals surface area contributed by atoms with Crippen LogP contribution in [0.5, 0.6) is 17.2 Å². The van der Waals surface area contributed by atoms with E-state index in [1.165, 1.54) is 25.3 Å². The van der Waals surface area contributed by atoms with Crippen molar-refractivity contribution in [1.82, 2.24) is 0 Å². The number of nitro benzene ring substituents is 4. The highest BCUT2D eigenvalue weighted by atomic mass is 16.6. The number of methoxy groups -OCH3 is 1. The molecule has 1 atom stereocenters. The third-order valence-electron chi connectivity index (χ3n) is 5.25. The predicted octanol–water partition coefficient (Wildman–Crippen LogP) is 4.23. The largest absolute Gasteiger partial charge is 0.493 e. The smallest absolute Gasteiger partial charge is 0.326 e. The molecule has 0 unspecified atom stereocenters. The number of non-ortho nitro benzene ring substituents is 2. The van der Waals surface area contributed by atoms with E-state index in [1.807, 2.05) is 0 Å². The van der Waals surface area contributed by atoms with Crippen LogP contribution in [-0.2, 0) is 11.2 Å². The third kappa shape index (κ3) is 6.47. The van der Waals surface area contributed by atoms with Crippen molar-refractivity contribution in [3.05, 3.63) is 101 Å². The maximum Gasteiger partial charge on any atom is 0.326 e. The lowest BCUT2D eigenvalue weighted by molar-refractivity contribution is -0.394. The molecule has 0 fully saturated rings. The van der Waals surface area contributed by atoms with E-state index >= 15 is 0 Å². The summed E-state index contributed by atoms with van der Waals surface area (Å²) in [7, 11) is 1.25. The zero-order chi connectivity index (χ0) is 28.9. The van der Waals surface area contributed by atoms with Gasteiger partial charge in [0.25, 0.3) is 17.1 Å². The van der Waals surface area contributed by atoms with E-state index in [9.17, 15) is 50.4 Å².